The summed E-state index contributed by atoms with van der Waals surface area (Å²) in [5, 5.41) is 4.75. The molecule has 1 N–H and O–H groups in total. The van der Waals surface area contributed by atoms with Gasteiger partial charge in [-0.05, 0) is 29.7 Å². The number of amides is 1. The summed E-state index contributed by atoms with van der Waals surface area (Å²) in [6.07, 6.45) is -0.502. The van der Waals surface area contributed by atoms with Crippen LogP contribution in [-0.4, -0.2) is 43.9 Å². The smallest absolute Gasteiger partial charge is 0.311 e. The van der Waals surface area contributed by atoms with E-state index >= 15 is 0 Å². The van der Waals surface area contributed by atoms with Gasteiger partial charge in [-0.15, -0.1) is 0 Å². The Morgan fingerprint density at radius 1 is 1.19 bits per heavy atom. The summed E-state index contributed by atoms with van der Waals surface area (Å²) >= 11 is 0. The van der Waals surface area contributed by atoms with Crippen molar-refractivity contribution in [1.82, 2.24) is 5.32 Å². The van der Waals surface area contributed by atoms with Crippen molar-refractivity contribution < 1.29 is 22.7 Å². The third-order valence-electron chi connectivity index (χ3n) is 4.42. The summed E-state index contributed by atoms with van der Waals surface area (Å²) in [4.78, 5) is 24.2. The van der Waals surface area contributed by atoms with Gasteiger partial charge in [0.1, 0.15) is 0 Å². The number of fused-ring (bicyclic) bond motifs is 1. The van der Waals surface area contributed by atoms with Gasteiger partial charge in [0.2, 0.25) is 0 Å². The molecule has 2 aromatic carbocycles. The maximum Gasteiger partial charge on any atom is 0.311 e. The highest BCUT2D eigenvalue weighted by Crippen LogP contribution is 2.16. The number of ether oxygens (including phenoxy) is 1. The molecule has 0 aromatic heterocycles. The lowest BCUT2D eigenvalue weighted by Gasteiger charge is -2.16. The lowest BCUT2D eigenvalue weighted by molar-refractivity contribution is -0.154. The van der Waals surface area contributed by atoms with Gasteiger partial charge in [-0.25, -0.2) is 8.42 Å². The predicted molar refractivity (Wildman–Crippen MR) is 98.4 cm³/mol. The molecule has 2 atom stereocenters. The number of carbonyl (C=O) groups excluding carboxylic acids is 2. The summed E-state index contributed by atoms with van der Waals surface area (Å²) in [5.41, 5.74) is 0.809. The van der Waals surface area contributed by atoms with Crippen molar-refractivity contribution in [3.8, 4) is 0 Å². The zero-order chi connectivity index (χ0) is 18.7. The van der Waals surface area contributed by atoms with E-state index in [9.17, 15) is 18.0 Å². The Hall–Kier alpha value is -2.41. The van der Waals surface area contributed by atoms with Gasteiger partial charge in [-0.3, -0.25) is 9.59 Å². The molecule has 1 aliphatic rings. The fraction of sp³-hybridized carbons (Fsp3) is 0.368. The standard InChI is InChI=1S/C19H21NO5S/c1-13(19(22)20-17-8-9-26(23,24)12-17)25-18(21)11-14-6-7-15-4-2-3-5-16(15)10-14/h2-7,10,13,17H,8-9,11-12H2,1H3,(H,20,22)/t13-,17+/m0/s1. The van der Waals surface area contributed by atoms with Crippen molar-refractivity contribution in [3.63, 3.8) is 0 Å². The molecule has 26 heavy (non-hydrogen) atoms. The Bertz CT molecular complexity index is 938. The largest absolute Gasteiger partial charge is 0.452 e. The van der Waals surface area contributed by atoms with Crippen LogP contribution >= 0.6 is 0 Å². The minimum absolute atomic E-state index is 0.0590. The quantitative estimate of drug-likeness (QED) is 0.802. The Kier molecular flexibility index (Phi) is 5.27. The summed E-state index contributed by atoms with van der Waals surface area (Å²) in [6.45, 7) is 1.48. The average Bonchev–Trinajstić information content (AvgIpc) is 2.93. The fourth-order valence-electron chi connectivity index (χ4n) is 3.04. The topological polar surface area (TPSA) is 89.5 Å². The monoisotopic (exact) mass is 375 g/mol. The van der Waals surface area contributed by atoms with Gasteiger partial charge >= 0.3 is 5.97 Å². The third-order valence-corrected chi connectivity index (χ3v) is 6.19. The molecule has 0 spiro atoms. The molecule has 7 heteroatoms. The normalized spacial score (nSPS) is 19.8. The summed E-state index contributed by atoms with van der Waals surface area (Å²) in [6, 6.07) is 13.2. The molecule has 0 radical (unpaired) electrons. The molecule has 0 bridgehead atoms. The van der Waals surface area contributed by atoms with Crippen LogP contribution in [0.25, 0.3) is 10.8 Å². The van der Waals surface area contributed by atoms with Gasteiger partial charge < -0.3 is 10.1 Å². The molecule has 1 saturated heterocycles. The lowest BCUT2D eigenvalue weighted by Crippen LogP contribution is -2.42. The highest BCUT2D eigenvalue weighted by atomic mass is 32.2. The Morgan fingerprint density at radius 2 is 1.92 bits per heavy atom. The number of carbonyl (C=O) groups is 2. The highest BCUT2D eigenvalue weighted by Gasteiger charge is 2.30. The van der Waals surface area contributed by atoms with Crippen LogP contribution in [-0.2, 0) is 30.6 Å². The minimum Gasteiger partial charge on any atom is -0.452 e. The Balaban J connectivity index is 1.54. The van der Waals surface area contributed by atoms with Crippen LogP contribution in [0, 0.1) is 0 Å². The molecule has 1 aliphatic heterocycles. The summed E-state index contributed by atoms with van der Waals surface area (Å²) in [7, 11) is -3.07. The van der Waals surface area contributed by atoms with E-state index in [0.717, 1.165) is 16.3 Å². The number of hydrogen-bond acceptors (Lipinski definition) is 5. The van der Waals surface area contributed by atoms with Gasteiger partial charge in [0.05, 0.1) is 17.9 Å². The zero-order valence-corrected chi connectivity index (χ0v) is 15.3. The van der Waals surface area contributed by atoms with Gasteiger partial charge in [-0.2, -0.15) is 0 Å². The van der Waals surface area contributed by atoms with Crippen LogP contribution < -0.4 is 5.32 Å². The number of benzene rings is 2. The predicted octanol–water partition coefficient (Wildman–Crippen LogP) is 1.62. The van der Waals surface area contributed by atoms with E-state index in [1.165, 1.54) is 6.92 Å². The second-order valence-electron chi connectivity index (χ2n) is 6.60. The summed E-state index contributed by atoms with van der Waals surface area (Å²) in [5.74, 6) is -0.953. The van der Waals surface area contributed by atoms with E-state index in [0.29, 0.717) is 6.42 Å². The molecule has 6 nitrogen and oxygen atoms in total. The Morgan fingerprint density at radius 3 is 2.62 bits per heavy atom. The molecule has 2 aromatic rings. The van der Waals surface area contributed by atoms with Gasteiger partial charge in [0.15, 0.2) is 15.9 Å². The van der Waals surface area contributed by atoms with E-state index in [1.54, 1.807) is 0 Å². The second kappa shape index (κ2) is 7.45. The maximum absolute atomic E-state index is 12.1. The molecule has 1 amide bonds. The van der Waals surface area contributed by atoms with Crippen molar-refractivity contribution in [2.75, 3.05) is 11.5 Å². The molecular weight excluding hydrogens is 354 g/mol. The van der Waals surface area contributed by atoms with Crippen molar-refractivity contribution >= 4 is 32.5 Å². The molecule has 138 valence electrons. The molecular formula is C19H21NO5S. The average molecular weight is 375 g/mol. The first kappa shape index (κ1) is 18.4. The maximum atomic E-state index is 12.1. The molecule has 0 aliphatic carbocycles. The van der Waals surface area contributed by atoms with Crippen molar-refractivity contribution in [3.05, 3.63) is 48.0 Å². The van der Waals surface area contributed by atoms with Gasteiger partial charge in [0.25, 0.3) is 5.91 Å². The SMILES string of the molecule is C[C@H](OC(=O)Cc1ccc2ccccc2c1)C(=O)N[C@@H]1CCS(=O)(=O)C1. The van der Waals surface area contributed by atoms with E-state index in [2.05, 4.69) is 5.32 Å². The molecule has 1 heterocycles. The summed E-state index contributed by atoms with van der Waals surface area (Å²) < 4.78 is 28.0. The van der Waals surface area contributed by atoms with Crippen LogP contribution in [0.15, 0.2) is 42.5 Å². The fourth-order valence-corrected chi connectivity index (χ4v) is 4.71. The van der Waals surface area contributed by atoms with Gasteiger partial charge in [-0.1, -0.05) is 42.5 Å². The molecule has 1 fully saturated rings. The lowest BCUT2D eigenvalue weighted by atomic mass is 10.1. The number of esters is 1. The first-order valence-corrected chi connectivity index (χ1v) is 10.3. The minimum atomic E-state index is -3.07. The highest BCUT2D eigenvalue weighted by molar-refractivity contribution is 7.91. The van der Waals surface area contributed by atoms with Crippen LogP contribution in [0.3, 0.4) is 0 Å². The van der Waals surface area contributed by atoms with Crippen molar-refractivity contribution in [2.45, 2.75) is 31.9 Å². The van der Waals surface area contributed by atoms with E-state index in [-0.39, 0.29) is 17.9 Å². The van der Waals surface area contributed by atoms with E-state index < -0.39 is 33.9 Å². The number of sulfone groups is 1. The third kappa shape index (κ3) is 4.60. The first-order chi connectivity index (χ1) is 12.3. The van der Waals surface area contributed by atoms with Crippen LogP contribution in [0.5, 0.6) is 0 Å². The van der Waals surface area contributed by atoms with Gasteiger partial charge in [0, 0.05) is 6.04 Å². The van der Waals surface area contributed by atoms with Crippen LogP contribution in [0.1, 0.15) is 18.9 Å². The number of rotatable bonds is 5. The zero-order valence-electron chi connectivity index (χ0n) is 14.5. The van der Waals surface area contributed by atoms with E-state index in [1.807, 2.05) is 42.5 Å². The Labute approximate surface area is 152 Å². The van der Waals surface area contributed by atoms with Crippen LogP contribution in [0.2, 0.25) is 0 Å². The number of nitrogens with one attached hydrogen (secondary N) is 1. The van der Waals surface area contributed by atoms with Crippen molar-refractivity contribution in [2.24, 2.45) is 0 Å². The second-order valence-corrected chi connectivity index (χ2v) is 8.83. The van der Waals surface area contributed by atoms with Crippen molar-refractivity contribution in [1.29, 1.82) is 0 Å². The molecule has 3 rings (SSSR count). The van der Waals surface area contributed by atoms with Crippen LogP contribution in [0.4, 0.5) is 0 Å². The van der Waals surface area contributed by atoms with E-state index in [4.69, 9.17) is 4.74 Å². The molecule has 0 saturated carbocycles. The number of hydrogen-bond donors (Lipinski definition) is 1. The molecule has 0 unspecified atom stereocenters. The first-order valence-electron chi connectivity index (χ1n) is 8.50.